The Morgan fingerprint density at radius 3 is 2.12 bits per heavy atom. The van der Waals surface area contributed by atoms with Crippen molar-refractivity contribution in [3.8, 4) is 0 Å². The maximum Gasteiger partial charge on any atom is 0.00506 e. The van der Waals surface area contributed by atoms with Gasteiger partial charge in [0.05, 0.1) is 0 Å². The van der Waals surface area contributed by atoms with Crippen LogP contribution in [0.25, 0.3) is 0 Å². The molecule has 0 aliphatic heterocycles. The molecule has 0 saturated heterocycles. The zero-order chi connectivity index (χ0) is 11.6. The van der Waals surface area contributed by atoms with Crippen LogP contribution in [0.5, 0.6) is 0 Å². The third-order valence-electron chi connectivity index (χ3n) is 4.48. The third kappa shape index (κ3) is 1.86. The van der Waals surface area contributed by atoms with E-state index >= 15 is 0 Å². The fourth-order valence-corrected chi connectivity index (χ4v) is 3.57. The molecule has 17 heavy (non-hydrogen) atoms. The van der Waals surface area contributed by atoms with Crippen LogP contribution >= 0.6 is 0 Å². The molecule has 0 radical (unpaired) electrons. The lowest BCUT2D eigenvalue weighted by molar-refractivity contribution is 0.253. The summed E-state index contributed by atoms with van der Waals surface area (Å²) in [7, 11) is 0. The van der Waals surface area contributed by atoms with Gasteiger partial charge in [-0.25, -0.2) is 0 Å². The van der Waals surface area contributed by atoms with Crippen molar-refractivity contribution < 1.29 is 0 Å². The Kier molecular flexibility index (Phi) is 2.88. The molecule has 2 aliphatic rings. The second-order valence-corrected chi connectivity index (χ2v) is 5.38. The number of rotatable bonds is 2. The molecular weight excluding hydrogens is 204 g/mol. The topological polar surface area (TPSA) is 0 Å². The molecule has 0 nitrogen and oxygen atoms in total. The molecule has 88 valence electrons. The van der Waals surface area contributed by atoms with Crippen LogP contribution in [-0.4, -0.2) is 0 Å². The summed E-state index contributed by atoms with van der Waals surface area (Å²) < 4.78 is 0. The minimum Gasteiger partial charge on any atom is -0.0767 e. The van der Waals surface area contributed by atoms with E-state index in [1.807, 2.05) is 0 Å². The van der Waals surface area contributed by atoms with Gasteiger partial charge in [0.15, 0.2) is 0 Å². The molecule has 0 heterocycles. The molecule has 0 bridgehead atoms. The van der Waals surface area contributed by atoms with Crippen molar-refractivity contribution in [3.63, 3.8) is 0 Å². The van der Waals surface area contributed by atoms with E-state index in [0.29, 0.717) is 11.3 Å². The van der Waals surface area contributed by atoms with E-state index in [2.05, 4.69) is 54.6 Å². The molecular formula is C17H20. The average molecular weight is 224 g/mol. The van der Waals surface area contributed by atoms with Crippen LogP contribution in [0.4, 0.5) is 0 Å². The summed E-state index contributed by atoms with van der Waals surface area (Å²) in [6.07, 6.45) is 16.1. The summed E-state index contributed by atoms with van der Waals surface area (Å²) in [5.74, 6) is 0.616. The Labute approximate surface area is 104 Å². The van der Waals surface area contributed by atoms with Crippen LogP contribution in [0.2, 0.25) is 0 Å². The Balaban J connectivity index is 2.01. The summed E-state index contributed by atoms with van der Waals surface area (Å²) in [5, 5.41) is 0. The zero-order valence-electron chi connectivity index (χ0n) is 10.3. The first-order valence-electron chi connectivity index (χ1n) is 6.82. The molecule has 2 aliphatic carbocycles. The third-order valence-corrected chi connectivity index (χ3v) is 4.48. The Hall–Kier alpha value is -1.30. The predicted molar refractivity (Wildman–Crippen MR) is 73.0 cm³/mol. The summed E-state index contributed by atoms with van der Waals surface area (Å²) >= 11 is 0. The number of benzene rings is 1. The van der Waals surface area contributed by atoms with Crippen LogP contribution in [0, 0.1) is 5.92 Å². The van der Waals surface area contributed by atoms with E-state index in [1.54, 1.807) is 5.56 Å². The van der Waals surface area contributed by atoms with E-state index in [-0.39, 0.29) is 0 Å². The Morgan fingerprint density at radius 1 is 0.824 bits per heavy atom. The lowest BCUT2D eigenvalue weighted by Gasteiger charge is -2.41. The van der Waals surface area contributed by atoms with Crippen molar-refractivity contribution in [2.45, 2.75) is 37.5 Å². The molecule has 0 heteroatoms. The van der Waals surface area contributed by atoms with Gasteiger partial charge in [0.2, 0.25) is 0 Å². The molecule has 0 aromatic heterocycles. The number of allylic oxidation sites excluding steroid dienone is 4. The maximum atomic E-state index is 2.39. The minimum absolute atomic E-state index is 0.378. The molecule has 0 N–H and O–H groups in total. The van der Waals surface area contributed by atoms with Gasteiger partial charge in [-0.15, -0.1) is 0 Å². The fourth-order valence-electron chi connectivity index (χ4n) is 3.57. The van der Waals surface area contributed by atoms with Gasteiger partial charge in [0.1, 0.15) is 0 Å². The van der Waals surface area contributed by atoms with Gasteiger partial charge in [-0.2, -0.15) is 0 Å². The van der Waals surface area contributed by atoms with Crippen LogP contribution in [0.3, 0.4) is 0 Å². The maximum absolute atomic E-state index is 2.39. The molecule has 0 amide bonds. The molecule has 1 fully saturated rings. The highest BCUT2D eigenvalue weighted by molar-refractivity contribution is 5.34. The van der Waals surface area contributed by atoms with Gasteiger partial charge in [0.25, 0.3) is 0 Å². The summed E-state index contributed by atoms with van der Waals surface area (Å²) in [5.41, 5.74) is 1.92. The summed E-state index contributed by atoms with van der Waals surface area (Å²) in [6.45, 7) is 0. The molecule has 1 aromatic rings. The first-order valence-corrected chi connectivity index (χ1v) is 6.82. The second kappa shape index (κ2) is 4.52. The molecule has 1 aromatic carbocycles. The van der Waals surface area contributed by atoms with Crippen molar-refractivity contribution in [2.24, 2.45) is 5.92 Å². The minimum atomic E-state index is 0.378. The molecule has 0 unspecified atom stereocenters. The Bertz CT molecular complexity index is 407. The predicted octanol–water partition coefficient (Wildman–Crippen LogP) is 4.63. The largest absolute Gasteiger partial charge is 0.0767 e. The number of hydrogen-bond acceptors (Lipinski definition) is 0. The SMILES string of the molecule is C1=CC(C2(c3ccccc3)CCCCC2)C=C1. The van der Waals surface area contributed by atoms with Gasteiger partial charge < -0.3 is 0 Å². The van der Waals surface area contributed by atoms with Crippen LogP contribution < -0.4 is 0 Å². The van der Waals surface area contributed by atoms with Crippen molar-refractivity contribution in [1.82, 2.24) is 0 Å². The second-order valence-electron chi connectivity index (χ2n) is 5.38. The molecule has 0 atom stereocenters. The number of hydrogen-bond donors (Lipinski definition) is 0. The van der Waals surface area contributed by atoms with Crippen LogP contribution in [-0.2, 0) is 5.41 Å². The van der Waals surface area contributed by atoms with Gasteiger partial charge in [-0.05, 0) is 18.4 Å². The van der Waals surface area contributed by atoms with Crippen LogP contribution in [0.1, 0.15) is 37.7 Å². The van der Waals surface area contributed by atoms with Crippen molar-refractivity contribution in [2.75, 3.05) is 0 Å². The van der Waals surface area contributed by atoms with Gasteiger partial charge >= 0.3 is 0 Å². The van der Waals surface area contributed by atoms with Gasteiger partial charge in [-0.3, -0.25) is 0 Å². The highest BCUT2D eigenvalue weighted by atomic mass is 14.4. The fraction of sp³-hybridized carbons (Fsp3) is 0.412. The lowest BCUT2D eigenvalue weighted by atomic mass is 9.62. The highest BCUT2D eigenvalue weighted by Gasteiger charge is 2.39. The van der Waals surface area contributed by atoms with Crippen LogP contribution in [0.15, 0.2) is 54.6 Å². The Morgan fingerprint density at radius 2 is 1.47 bits per heavy atom. The molecule has 3 rings (SSSR count). The standard InChI is InChI=1S/C17H20/c1-3-9-15(10-4-1)17(13-7-2-8-14-17)16-11-5-6-12-16/h1,3-6,9-12,16H,2,7-8,13-14H2. The molecule has 0 spiro atoms. The van der Waals surface area contributed by atoms with E-state index in [9.17, 15) is 0 Å². The van der Waals surface area contributed by atoms with Gasteiger partial charge in [-0.1, -0.05) is 73.9 Å². The first-order chi connectivity index (χ1) is 8.42. The monoisotopic (exact) mass is 224 g/mol. The molecule has 1 saturated carbocycles. The first kappa shape index (κ1) is 10.8. The van der Waals surface area contributed by atoms with E-state index in [0.717, 1.165) is 0 Å². The lowest BCUT2D eigenvalue weighted by Crippen LogP contribution is -2.35. The van der Waals surface area contributed by atoms with Crippen molar-refractivity contribution >= 4 is 0 Å². The smallest absolute Gasteiger partial charge is 0.00506 e. The van der Waals surface area contributed by atoms with Gasteiger partial charge in [0, 0.05) is 11.3 Å². The normalized spacial score (nSPS) is 23.1. The summed E-state index contributed by atoms with van der Waals surface area (Å²) in [6, 6.07) is 11.2. The average Bonchev–Trinajstić information content (AvgIpc) is 2.95. The highest BCUT2D eigenvalue weighted by Crippen LogP contribution is 2.47. The quantitative estimate of drug-likeness (QED) is 0.687. The summed E-state index contributed by atoms with van der Waals surface area (Å²) in [4.78, 5) is 0. The van der Waals surface area contributed by atoms with Crippen molar-refractivity contribution in [1.29, 1.82) is 0 Å². The zero-order valence-corrected chi connectivity index (χ0v) is 10.3. The van der Waals surface area contributed by atoms with E-state index in [1.165, 1.54) is 32.1 Å². The van der Waals surface area contributed by atoms with Crippen molar-refractivity contribution in [3.05, 3.63) is 60.2 Å². The van der Waals surface area contributed by atoms with E-state index in [4.69, 9.17) is 0 Å². The van der Waals surface area contributed by atoms with E-state index < -0.39 is 0 Å².